The molecule has 1 saturated carbocycles. The van der Waals surface area contributed by atoms with E-state index in [1.807, 2.05) is 30.3 Å². The molecule has 102 valence electrons. The molecular formula is C16H21NO2. The molecule has 2 saturated heterocycles. The second kappa shape index (κ2) is 4.50. The topological polar surface area (TPSA) is 21.7 Å². The van der Waals surface area contributed by atoms with Gasteiger partial charge in [-0.1, -0.05) is 18.2 Å². The average molecular weight is 259 g/mol. The van der Waals surface area contributed by atoms with Crippen LogP contribution in [0.1, 0.15) is 38.5 Å². The van der Waals surface area contributed by atoms with E-state index in [0.29, 0.717) is 17.7 Å². The molecule has 19 heavy (non-hydrogen) atoms. The highest BCUT2D eigenvalue weighted by molar-refractivity contribution is 5.21. The smallest absolute Gasteiger partial charge is 0.119 e. The zero-order valence-electron chi connectivity index (χ0n) is 11.3. The molecule has 0 unspecified atom stereocenters. The van der Waals surface area contributed by atoms with Crippen molar-refractivity contribution in [3.8, 4) is 5.75 Å². The van der Waals surface area contributed by atoms with Crippen LogP contribution in [0.3, 0.4) is 0 Å². The first-order valence-corrected chi connectivity index (χ1v) is 7.50. The summed E-state index contributed by atoms with van der Waals surface area (Å²) in [5.74, 6) is 0.964. The number of hydrogen-bond acceptors (Lipinski definition) is 3. The molecule has 3 nitrogen and oxygen atoms in total. The maximum atomic E-state index is 6.15. The van der Waals surface area contributed by atoms with Crippen LogP contribution in [-0.2, 0) is 4.84 Å². The quantitative estimate of drug-likeness (QED) is 0.832. The van der Waals surface area contributed by atoms with Gasteiger partial charge in [0.1, 0.15) is 12.4 Å². The lowest BCUT2D eigenvalue weighted by Crippen LogP contribution is -2.43. The average Bonchev–Trinajstić information content (AvgIpc) is 2.89. The van der Waals surface area contributed by atoms with E-state index in [1.54, 1.807) is 0 Å². The van der Waals surface area contributed by atoms with Gasteiger partial charge >= 0.3 is 0 Å². The Bertz CT molecular complexity index is 449. The molecular weight excluding hydrogens is 238 g/mol. The SMILES string of the molecule is c1ccc(OC[C@H]2CC[C@]34CCC[C@H](C3)ON24)cc1. The standard InChI is InChI=1S/C16H21NO2/c1-2-5-14(6-3-1)18-12-13-8-10-16-9-4-7-15(11-16)19-17(13)16/h1-3,5-6,13,15H,4,7-12H2/t13-,15-,16-/m1/s1. The van der Waals surface area contributed by atoms with E-state index in [2.05, 4.69) is 5.06 Å². The molecule has 3 aliphatic rings. The van der Waals surface area contributed by atoms with Gasteiger partial charge in [-0.25, -0.2) is 0 Å². The molecule has 0 amide bonds. The Kier molecular flexibility index (Phi) is 2.78. The van der Waals surface area contributed by atoms with Crippen molar-refractivity contribution >= 4 is 0 Å². The van der Waals surface area contributed by atoms with Crippen LogP contribution in [0.25, 0.3) is 0 Å². The van der Waals surface area contributed by atoms with Crippen molar-refractivity contribution in [2.75, 3.05) is 6.61 Å². The molecule has 3 fully saturated rings. The lowest BCUT2D eigenvalue weighted by atomic mass is 9.80. The van der Waals surface area contributed by atoms with E-state index in [-0.39, 0.29) is 0 Å². The second-order valence-electron chi connectivity index (χ2n) is 6.19. The third kappa shape index (κ3) is 1.96. The summed E-state index contributed by atoms with van der Waals surface area (Å²) in [7, 11) is 0. The Morgan fingerprint density at radius 2 is 2.11 bits per heavy atom. The van der Waals surface area contributed by atoms with E-state index in [9.17, 15) is 0 Å². The molecule has 1 aliphatic carbocycles. The zero-order valence-corrected chi connectivity index (χ0v) is 11.3. The van der Waals surface area contributed by atoms with Crippen molar-refractivity contribution in [3.05, 3.63) is 30.3 Å². The van der Waals surface area contributed by atoms with Crippen LogP contribution in [0.15, 0.2) is 30.3 Å². The van der Waals surface area contributed by atoms with Gasteiger partial charge in [-0.05, 0) is 50.7 Å². The lowest BCUT2D eigenvalue weighted by Gasteiger charge is -2.32. The fraction of sp³-hybridized carbons (Fsp3) is 0.625. The van der Waals surface area contributed by atoms with Crippen molar-refractivity contribution in [3.63, 3.8) is 0 Å². The van der Waals surface area contributed by atoms with E-state index >= 15 is 0 Å². The zero-order chi connectivity index (χ0) is 12.7. The largest absolute Gasteiger partial charge is 0.492 e. The Hall–Kier alpha value is -1.06. The molecule has 3 heteroatoms. The summed E-state index contributed by atoms with van der Waals surface area (Å²) in [5.41, 5.74) is 0.355. The van der Waals surface area contributed by atoms with Crippen molar-refractivity contribution in [2.24, 2.45) is 0 Å². The number of benzene rings is 1. The van der Waals surface area contributed by atoms with Crippen LogP contribution in [0.4, 0.5) is 0 Å². The van der Waals surface area contributed by atoms with Crippen LogP contribution in [0.5, 0.6) is 5.75 Å². The highest BCUT2D eigenvalue weighted by Crippen LogP contribution is 2.50. The van der Waals surface area contributed by atoms with Gasteiger partial charge in [0.25, 0.3) is 0 Å². The molecule has 1 aromatic rings. The number of rotatable bonds is 3. The van der Waals surface area contributed by atoms with Gasteiger partial charge in [-0.15, -0.1) is 0 Å². The van der Waals surface area contributed by atoms with Crippen LogP contribution in [0, 0.1) is 0 Å². The number of fused-ring (bicyclic) bond motifs is 1. The number of nitrogens with zero attached hydrogens (tertiary/aromatic N) is 1. The molecule has 0 aromatic heterocycles. The van der Waals surface area contributed by atoms with Crippen molar-refractivity contribution in [1.82, 2.24) is 5.06 Å². The van der Waals surface area contributed by atoms with Gasteiger partial charge in [-0.2, -0.15) is 5.06 Å². The van der Waals surface area contributed by atoms with E-state index < -0.39 is 0 Å². The fourth-order valence-corrected chi connectivity index (χ4v) is 4.07. The summed E-state index contributed by atoms with van der Waals surface area (Å²) >= 11 is 0. The molecule has 2 heterocycles. The molecule has 2 aliphatic heterocycles. The second-order valence-corrected chi connectivity index (χ2v) is 6.19. The highest BCUT2D eigenvalue weighted by Gasteiger charge is 2.55. The van der Waals surface area contributed by atoms with Crippen LogP contribution in [-0.4, -0.2) is 29.4 Å². The van der Waals surface area contributed by atoms with Crippen LogP contribution in [0.2, 0.25) is 0 Å². The number of hydroxylamine groups is 2. The Balaban J connectivity index is 1.43. The summed E-state index contributed by atoms with van der Waals surface area (Å²) in [6, 6.07) is 10.5. The molecule has 3 atom stereocenters. The monoisotopic (exact) mass is 259 g/mol. The molecule has 1 spiro atoms. The third-order valence-electron chi connectivity index (χ3n) is 4.97. The predicted octanol–water partition coefficient (Wildman–Crippen LogP) is 3.16. The maximum absolute atomic E-state index is 6.15. The normalized spacial score (nSPS) is 37.3. The summed E-state index contributed by atoms with van der Waals surface area (Å²) in [6.45, 7) is 0.748. The fourth-order valence-electron chi connectivity index (χ4n) is 4.07. The number of hydrogen-bond donors (Lipinski definition) is 0. The summed E-state index contributed by atoms with van der Waals surface area (Å²) in [6.07, 6.45) is 8.09. The summed E-state index contributed by atoms with van der Waals surface area (Å²) in [4.78, 5) is 6.15. The van der Waals surface area contributed by atoms with Gasteiger partial charge in [0.15, 0.2) is 0 Å². The maximum Gasteiger partial charge on any atom is 0.119 e. The minimum absolute atomic E-state index is 0.355. The third-order valence-corrected chi connectivity index (χ3v) is 4.97. The molecule has 2 bridgehead atoms. The summed E-state index contributed by atoms with van der Waals surface area (Å²) in [5, 5.41) is 2.31. The molecule has 0 N–H and O–H groups in total. The first kappa shape index (κ1) is 11.7. The molecule has 1 aromatic carbocycles. The Morgan fingerprint density at radius 1 is 1.21 bits per heavy atom. The first-order chi connectivity index (χ1) is 9.36. The van der Waals surface area contributed by atoms with Crippen LogP contribution < -0.4 is 4.74 Å². The lowest BCUT2D eigenvalue weighted by molar-refractivity contribution is -0.191. The minimum Gasteiger partial charge on any atom is -0.492 e. The van der Waals surface area contributed by atoms with Crippen LogP contribution >= 0.6 is 0 Å². The van der Waals surface area contributed by atoms with Crippen molar-refractivity contribution in [1.29, 1.82) is 0 Å². The molecule has 4 rings (SSSR count). The van der Waals surface area contributed by atoms with Gasteiger partial charge in [0.2, 0.25) is 0 Å². The van der Waals surface area contributed by atoms with Gasteiger partial charge in [-0.3, -0.25) is 4.84 Å². The first-order valence-electron chi connectivity index (χ1n) is 7.50. The van der Waals surface area contributed by atoms with E-state index in [0.717, 1.165) is 12.4 Å². The van der Waals surface area contributed by atoms with Gasteiger partial charge in [0.05, 0.1) is 12.1 Å². The predicted molar refractivity (Wildman–Crippen MR) is 72.9 cm³/mol. The van der Waals surface area contributed by atoms with Crippen molar-refractivity contribution < 1.29 is 9.57 Å². The molecule has 0 radical (unpaired) electrons. The number of para-hydroxylation sites is 1. The van der Waals surface area contributed by atoms with E-state index in [4.69, 9.17) is 9.57 Å². The Morgan fingerprint density at radius 3 is 3.00 bits per heavy atom. The van der Waals surface area contributed by atoms with Gasteiger partial charge < -0.3 is 4.74 Å². The highest BCUT2D eigenvalue weighted by atomic mass is 16.7. The van der Waals surface area contributed by atoms with Crippen molar-refractivity contribution in [2.45, 2.75) is 56.2 Å². The van der Waals surface area contributed by atoms with Gasteiger partial charge in [0, 0.05) is 5.54 Å². The number of ether oxygens (including phenoxy) is 1. The Labute approximate surface area is 114 Å². The summed E-state index contributed by atoms with van der Waals surface area (Å²) < 4.78 is 5.92. The van der Waals surface area contributed by atoms with E-state index in [1.165, 1.54) is 38.5 Å². The minimum atomic E-state index is 0.355.